The minimum Gasteiger partial charge on any atom is -0.444 e. The number of carbonyl (C=O) groups excluding carboxylic acids is 1. The zero-order valence-corrected chi connectivity index (χ0v) is 22.0. The molecule has 4 rings (SSSR count). The van der Waals surface area contributed by atoms with Gasteiger partial charge in [-0.2, -0.15) is 0 Å². The lowest BCUT2D eigenvalue weighted by Crippen LogP contribution is -2.40. The maximum Gasteiger partial charge on any atom is 0.410 e. The zero-order chi connectivity index (χ0) is 25.9. The molecule has 1 amide bonds. The van der Waals surface area contributed by atoms with Gasteiger partial charge in [0, 0.05) is 47.9 Å². The first kappa shape index (κ1) is 25.9. The topological polar surface area (TPSA) is 80.8 Å². The van der Waals surface area contributed by atoms with Crippen LogP contribution < -0.4 is 5.73 Å². The van der Waals surface area contributed by atoms with E-state index in [4.69, 9.17) is 27.1 Å². The van der Waals surface area contributed by atoms with Crippen LogP contribution in [0.15, 0.2) is 59.4 Å². The van der Waals surface area contributed by atoms with Gasteiger partial charge in [-0.1, -0.05) is 29.3 Å². The standard InChI is InChI=1S/C29H33ClN4O2/c1-5-32-14-10-25(31)24-17-20-7-6-13-33-27(20)26(22-9-8-21(30)18-23(22)24)19-11-15-34(16-12-19)28(35)36-29(2,3)4/h5-10,13-14,17-18,25H,11-12,15-16,31H2,1-4H3/b14-10+,32-5?. The monoisotopic (exact) mass is 504 g/mol. The molecule has 0 saturated carbocycles. The Labute approximate surface area is 218 Å². The van der Waals surface area contributed by atoms with Gasteiger partial charge in [0.05, 0.1) is 11.7 Å². The van der Waals surface area contributed by atoms with Crippen molar-refractivity contribution in [2.24, 2.45) is 10.7 Å². The molecule has 1 aromatic carbocycles. The fraction of sp³-hybridized carbons (Fsp3) is 0.345. The van der Waals surface area contributed by atoms with Crippen molar-refractivity contribution in [1.82, 2.24) is 9.88 Å². The van der Waals surface area contributed by atoms with E-state index >= 15 is 0 Å². The number of ether oxygens (including phenoxy) is 1. The second kappa shape index (κ2) is 10.8. The van der Waals surface area contributed by atoms with Crippen molar-refractivity contribution >= 4 is 41.1 Å². The van der Waals surface area contributed by atoms with Gasteiger partial charge in [-0.25, -0.2) is 4.79 Å². The normalized spacial score (nSPS) is 17.1. The second-order valence-electron chi connectivity index (χ2n) is 9.95. The molecular weight excluding hydrogens is 472 g/mol. The average Bonchev–Trinajstić information content (AvgIpc) is 2.97. The Balaban J connectivity index is 1.79. The number of piperidine rings is 1. The van der Waals surface area contributed by atoms with E-state index in [-0.39, 0.29) is 12.1 Å². The molecule has 0 radical (unpaired) electrons. The molecule has 2 N–H and O–H groups in total. The maximum absolute atomic E-state index is 12.6. The molecule has 7 heteroatoms. The van der Waals surface area contributed by atoms with Crippen molar-refractivity contribution in [2.75, 3.05) is 13.1 Å². The van der Waals surface area contributed by atoms with Crippen LogP contribution in [0.3, 0.4) is 0 Å². The number of rotatable bonds is 3. The number of likely N-dealkylation sites (tertiary alicyclic amines) is 1. The number of hydrogen-bond acceptors (Lipinski definition) is 5. The van der Waals surface area contributed by atoms with Crippen molar-refractivity contribution in [3.63, 3.8) is 0 Å². The number of hydrogen-bond donors (Lipinski definition) is 1. The van der Waals surface area contributed by atoms with Gasteiger partial charge in [0.2, 0.25) is 0 Å². The van der Waals surface area contributed by atoms with E-state index in [1.165, 1.54) is 5.57 Å². The van der Waals surface area contributed by atoms with Gasteiger partial charge in [-0.05, 0) is 87.6 Å². The van der Waals surface area contributed by atoms with Gasteiger partial charge in [-0.3, -0.25) is 9.98 Å². The molecule has 1 fully saturated rings. The van der Waals surface area contributed by atoms with Gasteiger partial charge in [0.1, 0.15) is 5.60 Å². The van der Waals surface area contributed by atoms with E-state index in [1.54, 1.807) is 17.3 Å². The number of fused-ring (bicyclic) bond motifs is 2. The molecule has 0 bridgehead atoms. The van der Waals surface area contributed by atoms with Crippen LogP contribution in [0.1, 0.15) is 62.9 Å². The van der Waals surface area contributed by atoms with Gasteiger partial charge < -0.3 is 15.4 Å². The summed E-state index contributed by atoms with van der Waals surface area (Å²) in [6.07, 6.45) is 10.4. The summed E-state index contributed by atoms with van der Waals surface area (Å²) in [6, 6.07) is 9.56. The molecule has 1 atom stereocenters. The Morgan fingerprint density at radius 2 is 1.97 bits per heavy atom. The third-order valence-corrected chi connectivity index (χ3v) is 6.44. The van der Waals surface area contributed by atoms with Crippen LogP contribution >= 0.6 is 11.6 Å². The predicted molar refractivity (Wildman–Crippen MR) is 148 cm³/mol. The third kappa shape index (κ3) is 5.77. The lowest BCUT2D eigenvalue weighted by atomic mass is 9.86. The molecule has 6 nitrogen and oxygen atoms in total. The Kier molecular flexibility index (Phi) is 7.76. The first-order valence-electron chi connectivity index (χ1n) is 12.2. The number of aliphatic imine (C=N–C) groups is 1. The number of pyridine rings is 1. The molecule has 1 aromatic heterocycles. The minimum absolute atomic E-state index is 0.269. The maximum atomic E-state index is 12.6. The summed E-state index contributed by atoms with van der Waals surface area (Å²) in [5.41, 5.74) is 13.4. The quantitative estimate of drug-likeness (QED) is 0.493. The third-order valence-electron chi connectivity index (χ3n) is 6.21. The van der Waals surface area contributed by atoms with Gasteiger partial charge in [0.15, 0.2) is 0 Å². The molecule has 1 unspecified atom stereocenters. The molecule has 2 aliphatic rings. The van der Waals surface area contributed by atoms with Crippen LogP contribution in [0.25, 0.3) is 17.2 Å². The summed E-state index contributed by atoms with van der Waals surface area (Å²) in [5, 5.41) is 0.644. The fourth-order valence-corrected chi connectivity index (χ4v) is 4.76. The minimum atomic E-state index is -0.518. The molecule has 2 aromatic rings. The molecule has 2 heterocycles. The summed E-state index contributed by atoms with van der Waals surface area (Å²) < 4.78 is 5.59. The Bertz CT molecular complexity index is 1260. The van der Waals surface area contributed by atoms with Crippen molar-refractivity contribution in [1.29, 1.82) is 0 Å². The number of aromatic nitrogens is 1. The zero-order valence-electron chi connectivity index (χ0n) is 21.3. The Hall–Kier alpha value is -3.22. The van der Waals surface area contributed by atoms with Crippen LogP contribution in [0, 0.1) is 0 Å². The number of benzene rings is 1. The Morgan fingerprint density at radius 1 is 1.22 bits per heavy atom. The molecule has 1 aliphatic heterocycles. The van der Waals surface area contributed by atoms with Crippen molar-refractivity contribution in [3.8, 4) is 0 Å². The molecule has 0 spiro atoms. The van der Waals surface area contributed by atoms with Crippen molar-refractivity contribution < 1.29 is 9.53 Å². The van der Waals surface area contributed by atoms with Gasteiger partial charge in [-0.15, -0.1) is 0 Å². The van der Waals surface area contributed by atoms with Crippen LogP contribution in [0.2, 0.25) is 5.02 Å². The summed E-state index contributed by atoms with van der Waals surface area (Å²) in [6.45, 7) is 8.71. The molecule has 1 saturated heterocycles. The van der Waals surface area contributed by atoms with E-state index in [9.17, 15) is 4.79 Å². The number of halogens is 1. The summed E-state index contributed by atoms with van der Waals surface area (Å²) >= 11 is 6.48. The van der Waals surface area contributed by atoms with Crippen molar-refractivity contribution in [2.45, 2.75) is 52.2 Å². The highest BCUT2D eigenvalue weighted by atomic mass is 35.5. The Morgan fingerprint density at radius 3 is 2.67 bits per heavy atom. The molecule has 188 valence electrons. The van der Waals surface area contributed by atoms with E-state index < -0.39 is 5.60 Å². The predicted octanol–water partition coefficient (Wildman–Crippen LogP) is 6.35. The molecular formula is C29H33ClN4O2. The number of amides is 1. The second-order valence-corrected chi connectivity index (χ2v) is 10.4. The van der Waals surface area contributed by atoms with Crippen LogP contribution in [-0.2, 0) is 4.74 Å². The smallest absolute Gasteiger partial charge is 0.410 e. The largest absolute Gasteiger partial charge is 0.444 e. The van der Waals surface area contributed by atoms with E-state index in [2.05, 4.69) is 23.2 Å². The highest BCUT2D eigenvalue weighted by Gasteiger charge is 2.29. The number of carbonyl (C=O) groups is 1. The van der Waals surface area contributed by atoms with Gasteiger partial charge in [0.25, 0.3) is 0 Å². The summed E-state index contributed by atoms with van der Waals surface area (Å²) in [5.74, 6) is 0. The first-order chi connectivity index (χ1) is 17.2. The van der Waals surface area contributed by atoms with Gasteiger partial charge >= 0.3 is 6.09 Å². The van der Waals surface area contributed by atoms with Crippen LogP contribution in [0.5, 0.6) is 0 Å². The number of nitrogens with zero attached hydrogens (tertiary/aromatic N) is 3. The number of nitrogens with two attached hydrogens (primary N) is 1. The fourth-order valence-electron chi connectivity index (χ4n) is 4.59. The lowest BCUT2D eigenvalue weighted by Gasteiger charge is -2.32. The van der Waals surface area contributed by atoms with Crippen molar-refractivity contribution in [3.05, 3.63) is 81.8 Å². The van der Waals surface area contributed by atoms with Crippen LogP contribution in [0.4, 0.5) is 4.79 Å². The highest BCUT2D eigenvalue weighted by Crippen LogP contribution is 2.42. The summed E-state index contributed by atoms with van der Waals surface area (Å²) in [7, 11) is 0. The van der Waals surface area contributed by atoms with E-state index in [0.717, 1.165) is 46.4 Å². The summed E-state index contributed by atoms with van der Waals surface area (Å²) in [4.78, 5) is 23.4. The van der Waals surface area contributed by atoms with E-state index in [0.29, 0.717) is 18.1 Å². The highest BCUT2D eigenvalue weighted by molar-refractivity contribution is 6.31. The lowest BCUT2D eigenvalue weighted by molar-refractivity contribution is 0.0236. The first-order valence-corrected chi connectivity index (χ1v) is 12.6. The molecule has 36 heavy (non-hydrogen) atoms. The van der Waals surface area contributed by atoms with Crippen LogP contribution in [-0.4, -0.2) is 46.9 Å². The molecule has 1 aliphatic carbocycles. The average molecular weight is 505 g/mol. The SMILES string of the molecule is CC=N/C=C/C(N)C1=Cc2cccnc2C(=C2CCN(C(=O)OC(C)(C)C)CC2)c2ccc(Cl)cc21. The van der Waals surface area contributed by atoms with E-state index in [1.807, 2.05) is 58.2 Å².